The van der Waals surface area contributed by atoms with Crippen molar-refractivity contribution in [3.63, 3.8) is 0 Å². The number of aromatic nitrogens is 1. The van der Waals surface area contributed by atoms with Gasteiger partial charge in [-0.3, -0.25) is 0 Å². The number of nitrogens with two attached hydrogens (primary N) is 1. The third-order valence-corrected chi connectivity index (χ3v) is 2.29. The van der Waals surface area contributed by atoms with Gasteiger partial charge in [0, 0.05) is 19.7 Å². The molecule has 0 aliphatic carbocycles. The molecule has 0 bridgehead atoms. The molecule has 0 aromatic carbocycles. The van der Waals surface area contributed by atoms with E-state index in [-0.39, 0.29) is 17.7 Å². The van der Waals surface area contributed by atoms with Crippen LogP contribution in [0.5, 0.6) is 0 Å². The van der Waals surface area contributed by atoms with Crippen LogP contribution in [-0.4, -0.2) is 31.3 Å². The Labute approximate surface area is 105 Å². The van der Waals surface area contributed by atoms with Gasteiger partial charge in [-0.15, -0.1) is 0 Å². The molecule has 0 radical (unpaired) electrons. The standard InChI is InChI=1S/C11H18F2N4O/c1-7(2)18-5-4-17(3)11-9(13)6-8(12)10(15-11)16-14/h6-7H,4-5,14H2,1-3H3,(H,15,16). The summed E-state index contributed by atoms with van der Waals surface area (Å²) in [5.74, 6) is 3.36. The lowest BCUT2D eigenvalue weighted by Crippen LogP contribution is -2.26. The van der Waals surface area contributed by atoms with Gasteiger partial charge in [0.1, 0.15) is 0 Å². The average molecular weight is 260 g/mol. The molecule has 0 amide bonds. The third-order valence-electron chi connectivity index (χ3n) is 2.29. The molecule has 1 aromatic heterocycles. The number of hydrogen-bond donors (Lipinski definition) is 2. The molecule has 0 spiro atoms. The number of rotatable bonds is 6. The van der Waals surface area contributed by atoms with Crippen molar-refractivity contribution in [2.24, 2.45) is 5.84 Å². The van der Waals surface area contributed by atoms with E-state index in [2.05, 4.69) is 10.4 Å². The van der Waals surface area contributed by atoms with Crippen LogP contribution in [0, 0.1) is 11.6 Å². The van der Waals surface area contributed by atoms with Gasteiger partial charge < -0.3 is 15.1 Å². The van der Waals surface area contributed by atoms with Crippen molar-refractivity contribution in [2.75, 3.05) is 30.5 Å². The number of nitrogen functional groups attached to an aromatic ring is 1. The highest BCUT2D eigenvalue weighted by atomic mass is 19.1. The number of nitrogens with zero attached hydrogens (tertiary/aromatic N) is 2. The molecule has 0 saturated heterocycles. The number of anilines is 2. The molecule has 3 N–H and O–H groups in total. The van der Waals surface area contributed by atoms with Gasteiger partial charge in [0.05, 0.1) is 12.7 Å². The summed E-state index contributed by atoms with van der Waals surface area (Å²) < 4.78 is 32.1. The molecule has 0 aliphatic heterocycles. The first-order valence-corrected chi connectivity index (χ1v) is 5.61. The van der Waals surface area contributed by atoms with E-state index in [1.807, 2.05) is 13.8 Å². The third kappa shape index (κ3) is 3.78. The summed E-state index contributed by atoms with van der Waals surface area (Å²) in [5.41, 5.74) is 2.08. The van der Waals surface area contributed by atoms with E-state index in [1.165, 1.54) is 4.90 Å². The van der Waals surface area contributed by atoms with Gasteiger partial charge in [0.2, 0.25) is 0 Å². The zero-order chi connectivity index (χ0) is 13.7. The normalized spacial score (nSPS) is 10.8. The lowest BCUT2D eigenvalue weighted by Gasteiger charge is -2.20. The van der Waals surface area contributed by atoms with Crippen molar-refractivity contribution in [3.05, 3.63) is 17.7 Å². The molecule has 0 unspecified atom stereocenters. The second-order valence-corrected chi connectivity index (χ2v) is 4.11. The minimum absolute atomic E-state index is 0.0247. The summed E-state index contributed by atoms with van der Waals surface area (Å²) in [4.78, 5) is 5.31. The second-order valence-electron chi connectivity index (χ2n) is 4.11. The summed E-state index contributed by atoms with van der Waals surface area (Å²) >= 11 is 0. The highest BCUT2D eigenvalue weighted by molar-refractivity contribution is 5.48. The first kappa shape index (κ1) is 14.6. The van der Waals surface area contributed by atoms with E-state index in [0.717, 1.165) is 6.07 Å². The van der Waals surface area contributed by atoms with E-state index in [1.54, 1.807) is 7.05 Å². The van der Waals surface area contributed by atoms with Gasteiger partial charge in [-0.2, -0.15) is 0 Å². The number of nitrogens with one attached hydrogen (secondary N) is 1. The number of ether oxygens (including phenoxy) is 1. The minimum Gasteiger partial charge on any atom is -0.377 e. The molecule has 7 heteroatoms. The zero-order valence-corrected chi connectivity index (χ0v) is 10.7. The Hall–Kier alpha value is -1.47. The van der Waals surface area contributed by atoms with E-state index >= 15 is 0 Å². The molecular formula is C11H18F2N4O. The van der Waals surface area contributed by atoms with Crippen molar-refractivity contribution in [1.29, 1.82) is 0 Å². The fraction of sp³-hybridized carbons (Fsp3) is 0.545. The molecule has 18 heavy (non-hydrogen) atoms. The Morgan fingerprint density at radius 1 is 1.44 bits per heavy atom. The quantitative estimate of drug-likeness (QED) is 0.599. The van der Waals surface area contributed by atoms with Crippen LogP contribution in [-0.2, 0) is 4.74 Å². The lowest BCUT2D eigenvalue weighted by molar-refractivity contribution is 0.0845. The Morgan fingerprint density at radius 3 is 2.67 bits per heavy atom. The maximum atomic E-state index is 13.5. The predicted octanol–water partition coefficient (Wildman–Crippen LogP) is 1.51. The van der Waals surface area contributed by atoms with Crippen molar-refractivity contribution in [1.82, 2.24) is 4.98 Å². The van der Waals surface area contributed by atoms with E-state index in [0.29, 0.717) is 13.2 Å². The second kappa shape index (κ2) is 6.46. The first-order chi connectivity index (χ1) is 8.45. The SMILES string of the molecule is CC(C)OCCN(C)c1nc(NN)c(F)cc1F. The fourth-order valence-electron chi connectivity index (χ4n) is 1.36. The van der Waals surface area contributed by atoms with Gasteiger partial charge in [-0.05, 0) is 13.8 Å². The van der Waals surface area contributed by atoms with Gasteiger partial charge in [-0.1, -0.05) is 0 Å². The molecule has 0 aliphatic rings. The van der Waals surface area contributed by atoms with Crippen LogP contribution in [0.25, 0.3) is 0 Å². The maximum absolute atomic E-state index is 13.5. The summed E-state index contributed by atoms with van der Waals surface area (Å²) in [7, 11) is 1.65. The molecule has 102 valence electrons. The minimum atomic E-state index is -0.828. The summed E-state index contributed by atoms with van der Waals surface area (Å²) in [6, 6.07) is 0.747. The topological polar surface area (TPSA) is 63.4 Å². The van der Waals surface area contributed by atoms with Crippen LogP contribution in [0.15, 0.2) is 6.07 Å². The monoisotopic (exact) mass is 260 g/mol. The number of pyridine rings is 1. The number of likely N-dealkylation sites (N-methyl/N-ethyl adjacent to an activating group) is 1. The lowest BCUT2D eigenvalue weighted by atomic mass is 10.3. The highest BCUT2D eigenvalue weighted by Gasteiger charge is 2.14. The molecule has 5 nitrogen and oxygen atoms in total. The Balaban J connectivity index is 2.75. The average Bonchev–Trinajstić information content (AvgIpc) is 2.28. The van der Waals surface area contributed by atoms with Crippen LogP contribution >= 0.6 is 0 Å². The summed E-state index contributed by atoms with van der Waals surface area (Å²) in [6.07, 6.45) is 0.102. The van der Waals surface area contributed by atoms with Gasteiger partial charge in [-0.25, -0.2) is 19.6 Å². The zero-order valence-electron chi connectivity index (χ0n) is 10.7. The van der Waals surface area contributed by atoms with Crippen molar-refractivity contribution >= 4 is 11.6 Å². The molecule has 0 atom stereocenters. The largest absolute Gasteiger partial charge is 0.377 e. The molecule has 0 fully saturated rings. The van der Waals surface area contributed by atoms with Gasteiger partial charge >= 0.3 is 0 Å². The summed E-state index contributed by atoms with van der Waals surface area (Å²) in [5, 5.41) is 0. The molecular weight excluding hydrogens is 242 g/mol. The smallest absolute Gasteiger partial charge is 0.178 e. The van der Waals surface area contributed by atoms with Crippen LogP contribution in [0.2, 0.25) is 0 Å². The molecule has 1 aromatic rings. The molecule has 0 saturated carbocycles. The Morgan fingerprint density at radius 2 is 2.11 bits per heavy atom. The predicted molar refractivity (Wildman–Crippen MR) is 66.3 cm³/mol. The van der Waals surface area contributed by atoms with Crippen molar-refractivity contribution in [3.8, 4) is 0 Å². The van der Waals surface area contributed by atoms with Crippen LogP contribution in [0.4, 0.5) is 20.4 Å². The van der Waals surface area contributed by atoms with Crippen LogP contribution in [0.3, 0.4) is 0 Å². The Kier molecular flexibility index (Phi) is 5.24. The van der Waals surface area contributed by atoms with Gasteiger partial charge in [0.25, 0.3) is 0 Å². The number of hydrogen-bond acceptors (Lipinski definition) is 5. The van der Waals surface area contributed by atoms with Gasteiger partial charge in [0.15, 0.2) is 23.3 Å². The fourth-order valence-corrected chi connectivity index (χ4v) is 1.36. The van der Waals surface area contributed by atoms with Crippen LogP contribution in [0.1, 0.15) is 13.8 Å². The first-order valence-electron chi connectivity index (χ1n) is 5.61. The number of halogens is 2. The van der Waals surface area contributed by atoms with Crippen molar-refractivity contribution in [2.45, 2.75) is 20.0 Å². The maximum Gasteiger partial charge on any atom is 0.178 e. The van der Waals surface area contributed by atoms with Crippen LogP contribution < -0.4 is 16.2 Å². The van der Waals surface area contributed by atoms with E-state index in [4.69, 9.17) is 10.6 Å². The molecule has 1 heterocycles. The number of hydrazine groups is 1. The van der Waals surface area contributed by atoms with E-state index in [9.17, 15) is 8.78 Å². The summed E-state index contributed by atoms with van der Waals surface area (Å²) in [6.45, 7) is 4.69. The highest BCUT2D eigenvalue weighted by Crippen LogP contribution is 2.20. The van der Waals surface area contributed by atoms with Crippen molar-refractivity contribution < 1.29 is 13.5 Å². The molecule has 1 rings (SSSR count). The van der Waals surface area contributed by atoms with E-state index < -0.39 is 11.6 Å². The Bertz CT molecular complexity index is 401.